The first kappa shape index (κ1) is 14.2. The number of hydrogen-bond donors (Lipinski definition) is 3. The number of aliphatic hydroxyl groups is 1. The smallest absolute Gasteiger partial charge is 0.251 e. The molecule has 6 heteroatoms. The van der Waals surface area contributed by atoms with Crippen molar-refractivity contribution in [2.75, 3.05) is 6.61 Å². The van der Waals surface area contributed by atoms with Gasteiger partial charge in [-0.1, -0.05) is 25.6 Å². The van der Waals surface area contributed by atoms with Crippen molar-refractivity contribution in [3.8, 4) is 0 Å². The van der Waals surface area contributed by atoms with E-state index in [2.05, 4.69) is 23.8 Å². The maximum atomic E-state index is 11.1. The highest BCUT2D eigenvalue weighted by Gasteiger charge is 2.20. The molecule has 0 aliphatic rings. The first-order chi connectivity index (χ1) is 8.02. The van der Waals surface area contributed by atoms with Crippen LogP contribution in [0.2, 0.25) is 0 Å². The van der Waals surface area contributed by atoms with Gasteiger partial charge in [0.2, 0.25) is 0 Å². The van der Waals surface area contributed by atoms with Crippen molar-refractivity contribution in [3.63, 3.8) is 0 Å². The molecule has 0 aliphatic heterocycles. The van der Waals surface area contributed by atoms with Crippen LogP contribution in [0.5, 0.6) is 0 Å². The van der Waals surface area contributed by atoms with Gasteiger partial charge < -0.3 is 15.8 Å². The molecule has 1 aromatic heterocycles. The monoisotopic (exact) mass is 257 g/mol. The second kappa shape index (κ2) is 6.78. The summed E-state index contributed by atoms with van der Waals surface area (Å²) in [5.41, 5.74) is 5.82. The Balaban J connectivity index is 2.66. The third-order valence-corrected chi connectivity index (χ3v) is 3.54. The van der Waals surface area contributed by atoms with Gasteiger partial charge in [-0.25, -0.2) is 4.98 Å². The highest BCUT2D eigenvalue weighted by atomic mass is 32.2. The van der Waals surface area contributed by atoms with Gasteiger partial charge in [0.25, 0.3) is 5.56 Å². The zero-order valence-corrected chi connectivity index (χ0v) is 10.9. The summed E-state index contributed by atoms with van der Waals surface area (Å²) in [6.07, 6.45) is 2.28. The van der Waals surface area contributed by atoms with Crippen molar-refractivity contribution in [1.29, 1.82) is 0 Å². The first-order valence-electron chi connectivity index (χ1n) is 5.61. The van der Waals surface area contributed by atoms with Crippen molar-refractivity contribution in [1.82, 2.24) is 9.97 Å². The van der Waals surface area contributed by atoms with E-state index in [1.165, 1.54) is 24.0 Å². The Kier molecular flexibility index (Phi) is 5.67. The molecule has 0 spiro atoms. The molecule has 17 heavy (non-hydrogen) atoms. The molecule has 1 heterocycles. The van der Waals surface area contributed by atoms with Gasteiger partial charge in [0.1, 0.15) is 0 Å². The summed E-state index contributed by atoms with van der Waals surface area (Å²) in [5, 5.41) is 9.67. The molecule has 2 atom stereocenters. The number of nitrogens with zero attached hydrogens (tertiary/aromatic N) is 1. The van der Waals surface area contributed by atoms with Crippen molar-refractivity contribution in [2.45, 2.75) is 36.7 Å². The highest BCUT2D eigenvalue weighted by Crippen LogP contribution is 2.22. The summed E-state index contributed by atoms with van der Waals surface area (Å²) < 4.78 is 0. The van der Waals surface area contributed by atoms with E-state index in [4.69, 9.17) is 5.73 Å². The van der Waals surface area contributed by atoms with E-state index in [9.17, 15) is 9.90 Å². The van der Waals surface area contributed by atoms with Gasteiger partial charge in [-0.15, -0.1) is 0 Å². The Labute approximate surface area is 105 Å². The van der Waals surface area contributed by atoms with Crippen LogP contribution in [0.4, 0.5) is 0 Å². The van der Waals surface area contributed by atoms with Crippen molar-refractivity contribution in [2.24, 2.45) is 11.7 Å². The van der Waals surface area contributed by atoms with Crippen molar-refractivity contribution >= 4 is 11.8 Å². The number of rotatable bonds is 6. The summed E-state index contributed by atoms with van der Waals surface area (Å²) in [7, 11) is 0. The minimum Gasteiger partial charge on any atom is -0.395 e. The van der Waals surface area contributed by atoms with Gasteiger partial charge in [0.05, 0.1) is 11.9 Å². The zero-order chi connectivity index (χ0) is 12.8. The lowest BCUT2D eigenvalue weighted by Crippen LogP contribution is -2.36. The van der Waals surface area contributed by atoms with Gasteiger partial charge >= 0.3 is 0 Å². The van der Waals surface area contributed by atoms with Crippen LogP contribution in [-0.2, 0) is 0 Å². The van der Waals surface area contributed by atoms with Crippen LogP contribution in [-0.4, -0.2) is 33.0 Å². The van der Waals surface area contributed by atoms with Crippen LogP contribution in [0, 0.1) is 5.92 Å². The summed E-state index contributed by atoms with van der Waals surface area (Å²) in [4.78, 5) is 17.7. The SMILES string of the molecule is CC(C)CC(N)C(CO)Sc1nccc(=O)[nH]1. The molecule has 0 bridgehead atoms. The number of aromatic amines is 1. The van der Waals surface area contributed by atoms with Crippen molar-refractivity contribution < 1.29 is 5.11 Å². The number of hydrogen-bond acceptors (Lipinski definition) is 5. The Morgan fingerprint density at radius 1 is 1.59 bits per heavy atom. The van der Waals surface area contributed by atoms with Gasteiger partial charge in [-0.05, 0) is 12.3 Å². The minimum atomic E-state index is -0.198. The third-order valence-electron chi connectivity index (χ3n) is 2.31. The molecule has 1 rings (SSSR count). The van der Waals surface area contributed by atoms with Crippen molar-refractivity contribution in [3.05, 3.63) is 22.6 Å². The molecular formula is C11H19N3O2S. The molecule has 0 saturated heterocycles. The fourth-order valence-corrected chi connectivity index (χ4v) is 2.44. The average molecular weight is 257 g/mol. The van der Waals surface area contributed by atoms with E-state index in [1.807, 2.05) is 0 Å². The Morgan fingerprint density at radius 3 is 2.82 bits per heavy atom. The number of nitrogens with one attached hydrogen (secondary N) is 1. The molecule has 0 aromatic carbocycles. The normalized spacial score (nSPS) is 14.9. The molecule has 0 aliphatic carbocycles. The molecule has 0 saturated carbocycles. The zero-order valence-electron chi connectivity index (χ0n) is 10.1. The predicted octanol–water partition coefficient (Wildman–Crippen LogP) is 0.596. The number of aliphatic hydroxyl groups excluding tert-OH is 1. The highest BCUT2D eigenvalue weighted by molar-refractivity contribution is 7.99. The van der Waals surface area contributed by atoms with Crippen LogP contribution in [0.15, 0.2) is 22.2 Å². The molecule has 96 valence electrons. The van der Waals surface area contributed by atoms with Crippen LogP contribution in [0.3, 0.4) is 0 Å². The van der Waals surface area contributed by atoms with E-state index in [0.717, 1.165) is 6.42 Å². The lowest BCUT2D eigenvalue weighted by Gasteiger charge is -2.22. The Bertz CT molecular complexity index is 394. The van der Waals surface area contributed by atoms with Gasteiger partial charge in [-0.2, -0.15) is 0 Å². The summed E-state index contributed by atoms with van der Waals surface area (Å²) in [6.45, 7) is 4.14. The number of thioether (sulfide) groups is 1. The minimum absolute atomic E-state index is 0.0306. The maximum absolute atomic E-state index is 11.1. The summed E-state index contributed by atoms with van der Waals surface area (Å²) in [5.74, 6) is 0.474. The lowest BCUT2D eigenvalue weighted by molar-refractivity contribution is 0.274. The van der Waals surface area contributed by atoms with E-state index < -0.39 is 0 Å². The number of nitrogens with two attached hydrogens (primary N) is 1. The lowest BCUT2D eigenvalue weighted by atomic mass is 10.0. The molecule has 5 nitrogen and oxygen atoms in total. The Hall–Kier alpha value is -0.850. The standard InChI is InChI=1S/C11H19N3O2S/c1-7(2)5-8(12)9(6-15)17-11-13-4-3-10(16)14-11/h3-4,7-9,15H,5-6,12H2,1-2H3,(H,13,14,16). The van der Waals surface area contributed by atoms with E-state index in [1.54, 1.807) is 0 Å². The van der Waals surface area contributed by atoms with Crippen LogP contribution < -0.4 is 11.3 Å². The number of aromatic nitrogens is 2. The second-order valence-electron chi connectivity index (χ2n) is 4.37. The van der Waals surface area contributed by atoms with E-state index >= 15 is 0 Å². The Morgan fingerprint density at radius 2 is 2.29 bits per heavy atom. The first-order valence-corrected chi connectivity index (χ1v) is 6.49. The van der Waals surface area contributed by atoms with Gasteiger partial charge in [0, 0.05) is 18.3 Å². The van der Waals surface area contributed by atoms with E-state index in [-0.39, 0.29) is 23.5 Å². The van der Waals surface area contributed by atoms with Gasteiger partial charge in [-0.3, -0.25) is 4.79 Å². The van der Waals surface area contributed by atoms with Crippen LogP contribution >= 0.6 is 11.8 Å². The molecule has 0 radical (unpaired) electrons. The molecular weight excluding hydrogens is 238 g/mol. The molecule has 0 fully saturated rings. The predicted molar refractivity (Wildman–Crippen MR) is 69.0 cm³/mol. The quantitative estimate of drug-likeness (QED) is 0.512. The fourth-order valence-electron chi connectivity index (χ4n) is 1.51. The maximum Gasteiger partial charge on any atom is 0.251 e. The summed E-state index contributed by atoms with van der Waals surface area (Å²) >= 11 is 1.31. The topological polar surface area (TPSA) is 92.0 Å². The largest absolute Gasteiger partial charge is 0.395 e. The fraction of sp³-hybridized carbons (Fsp3) is 0.636. The third kappa shape index (κ3) is 4.89. The van der Waals surface area contributed by atoms with E-state index in [0.29, 0.717) is 11.1 Å². The van der Waals surface area contributed by atoms with Gasteiger partial charge in [0.15, 0.2) is 5.16 Å². The summed E-state index contributed by atoms with van der Waals surface area (Å²) in [6, 6.07) is 1.24. The molecule has 1 aromatic rings. The second-order valence-corrected chi connectivity index (χ2v) is 5.60. The molecule has 2 unspecified atom stereocenters. The molecule has 0 amide bonds. The van der Waals surface area contributed by atoms with Crippen LogP contribution in [0.1, 0.15) is 20.3 Å². The molecule has 4 N–H and O–H groups in total. The number of H-pyrrole nitrogens is 1. The average Bonchev–Trinajstić information content (AvgIpc) is 2.24. The van der Waals surface area contributed by atoms with Crippen LogP contribution in [0.25, 0.3) is 0 Å².